The van der Waals surface area contributed by atoms with Gasteiger partial charge in [-0.15, -0.1) is 11.3 Å². The Morgan fingerprint density at radius 1 is 1.62 bits per heavy atom. The predicted octanol–water partition coefficient (Wildman–Crippen LogP) is 1.96. The Kier molecular flexibility index (Phi) is 5.45. The van der Waals surface area contributed by atoms with Crippen LogP contribution in [-0.4, -0.2) is 30.8 Å². The molecule has 0 aliphatic carbocycles. The Morgan fingerprint density at radius 2 is 2.38 bits per heavy atom. The van der Waals surface area contributed by atoms with E-state index in [1.807, 2.05) is 6.07 Å². The predicted molar refractivity (Wildman–Crippen MR) is 64.1 cm³/mol. The van der Waals surface area contributed by atoms with Crippen LogP contribution in [-0.2, 0) is 11.3 Å². The lowest BCUT2D eigenvalue weighted by molar-refractivity contribution is 0.0702. The van der Waals surface area contributed by atoms with Crippen LogP contribution in [0.15, 0.2) is 12.1 Å². The monoisotopic (exact) mass is 243 g/mol. The minimum Gasteiger partial charge on any atom is -0.477 e. The average molecular weight is 243 g/mol. The summed E-state index contributed by atoms with van der Waals surface area (Å²) in [4.78, 5) is 12.1. The number of thiophene rings is 1. The van der Waals surface area contributed by atoms with Gasteiger partial charge in [0.05, 0.1) is 6.61 Å². The quantitative estimate of drug-likeness (QED) is 0.768. The molecule has 0 saturated heterocycles. The van der Waals surface area contributed by atoms with Crippen molar-refractivity contribution in [3.8, 4) is 0 Å². The summed E-state index contributed by atoms with van der Waals surface area (Å²) in [6, 6.07) is 3.81. The first kappa shape index (κ1) is 13.2. The number of hydrogen-bond acceptors (Lipinski definition) is 4. The fraction of sp³-hybridized carbons (Fsp3) is 0.545. The molecule has 0 amide bonds. The zero-order valence-corrected chi connectivity index (χ0v) is 10.3. The summed E-state index contributed by atoms with van der Waals surface area (Å²) in [7, 11) is 1.68. The van der Waals surface area contributed by atoms with Crippen LogP contribution in [0.5, 0.6) is 0 Å². The van der Waals surface area contributed by atoms with Crippen LogP contribution in [0, 0.1) is 0 Å². The van der Waals surface area contributed by atoms with Crippen molar-refractivity contribution in [1.29, 1.82) is 0 Å². The lowest BCUT2D eigenvalue weighted by atomic mass is 10.2. The molecule has 1 aromatic rings. The number of rotatable bonds is 7. The Bertz CT molecular complexity index is 338. The Hall–Kier alpha value is -0.910. The molecule has 0 fully saturated rings. The SMILES string of the molecule is CCC(COC)NCc1ccc(C(=O)O)s1. The van der Waals surface area contributed by atoms with Gasteiger partial charge in [-0.05, 0) is 18.6 Å². The number of hydrogen-bond donors (Lipinski definition) is 2. The smallest absolute Gasteiger partial charge is 0.345 e. The minimum atomic E-state index is -0.861. The molecule has 1 rings (SSSR count). The van der Waals surface area contributed by atoms with Crippen molar-refractivity contribution < 1.29 is 14.6 Å². The second kappa shape index (κ2) is 6.62. The summed E-state index contributed by atoms with van der Waals surface area (Å²) in [5, 5.41) is 12.1. The summed E-state index contributed by atoms with van der Waals surface area (Å²) in [6.45, 7) is 3.46. The molecular formula is C11H17NO3S. The van der Waals surface area contributed by atoms with E-state index in [4.69, 9.17) is 9.84 Å². The van der Waals surface area contributed by atoms with Gasteiger partial charge in [-0.1, -0.05) is 6.92 Å². The topological polar surface area (TPSA) is 58.6 Å². The highest BCUT2D eigenvalue weighted by Gasteiger charge is 2.09. The molecule has 4 nitrogen and oxygen atoms in total. The highest BCUT2D eigenvalue weighted by atomic mass is 32.1. The molecule has 1 unspecified atom stereocenters. The van der Waals surface area contributed by atoms with Crippen LogP contribution in [0.25, 0.3) is 0 Å². The molecule has 0 aliphatic rings. The van der Waals surface area contributed by atoms with Gasteiger partial charge in [0.2, 0.25) is 0 Å². The number of aromatic carboxylic acids is 1. The van der Waals surface area contributed by atoms with E-state index in [1.54, 1.807) is 13.2 Å². The van der Waals surface area contributed by atoms with Gasteiger partial charge in [-0.2, -0.15) is 0 Å². The number of nitrogens with one attached hydrogen (secondary N) is 1. The third kappa shape index (κ3) is 3.92. The Morgan fingerprint density at radius 3 is 2.88 bits per heavy atom. The zero-order chi connectivity index (χ0) is 12.0. The third-order valence-corrected chi connectivity index (χ3v) is 3.37. The lowest BCUT2D eigenvalue weighted by Gasteiger charge is -2.14. The molecule has 2 N–H and O–H groups in total. The van der Waals surface area contributed by atoms with Crippen molar-refractivity contribution >= 4 is 17.3 Å². The number of carboxylic acids is 1. The third-order valence-electron chi connectivity index (χ3n) is 2.30. The summed E-state index contributed by atoms with van der Waals surface area (Å²) < 4.78 is 5.07. The van der Waals surface area contributed by atoms with E-state index in [0.29, 0.717) is 24.1 Å². The van der Waals surface area contributed by atoms with Crippen LogP contribution < -0.4 is 5.32 Å². The standard InChI is InChI=1S/C11H17NO3S/c1-3-8(7-15-2)12-6-9-4-5-10(16-9)11(13)14/h4-5,8,12H,3,6-7H2,1-2H3,(H,13,14). The van der Waals surface area contributed by atoms with Gasteiger partial charge in [0.15, 0.2) is 0 Å². The van der Waals surface area contributed by atoms with Crippen LogP contribution in [0.4, 0.5) is 0 Å². The van der Waals surface area contributed by atoms with E-state index < -0.39 is 5.97 Å². The van der Waals surface area contributed by atoms with Crippen molar-refractivity contribution in [2.75, 3.05) is 13.7 Å². The first-order valence-corrected chi connectivity index (χ1v) is 6.03. The van der Waals surface area contributed by atoms with Crippen molar-refractivity contribution in [3.63, 3.8) is 0 Å². The molecule has 0 bridgehead atoms. The normalized spacial score (nSPS) is 12.6. The van der Waals surface area contributed by atoms with Crippen molar-refractivity contribution in [3.05, 3.63) is 21.9 Å². The van der Waals surface area contributed by atoms with E-state index >= 15 is 0 Å². The van der Waals surface area contributed by atoms with Gasteiger partial charge in [0.25, 0.3) is 0 Å². The number of ether oxygens (including phenoxy) is 1. The number of carboxylic acid groups (broad SMARTS) is 1. The summed E-state index contributed by atoms with van der Waals surface area (Å²) in [5.41, 5.74) is 0. The highest BCUT2D eigenvalue weighted by Crippen LogP contribution is 2.16. The lowest BCUT2D eigenvalue weighted by Crippen LogP contribution is -2.31. The molecule has 0 aliphatic heterocycles. The molecule has 0 saturated carbocycles. The fourth-order valence-electron chi connectivity index (χ4n) is 1.36. The first-order chi connectivity index (χ1) is 7.67. The molecule has 0 spiro atoms. The van der Waals surface area contributed by atoms with Crippen molar-refractivity contribution in [2.45, 2.75) is 25.9 Å². The van der Waals surface area contributed by atoms with Crippen molar-refractivity contribution in [1.82, 2.24) is 5.32 Å². The highest BCUT2D eigenvalue weighted by molar-refractivity contribution is 7.13. The number of carbonyl (C=O) groups is 1. The van der Waals surface area contributed by atoms with Gasteiger partial charge >= 0.3 is 5.97 Å². The molecule has 1 heterocycles. The molecule has 90 valence electrons. The van der Waals surface area contributed by atoms with E-state index in [1.165, 1.54) is 11.3 Å². The first-order valence-electron chi connectivity index (χ1n) is 5.21. The molecule has 1 aromatic heterocycles. The molecule has 16 heavy (non-hydrogen) atoms. The molecule has 1 atom stereocenters. The van der Waals surface area contributed by atoms with Gasteiger partial charge in [-0.3, -0.25) is 0 Å². The second-order valence-electron chi connectivity index (χ2n) is 3.51. The molecule has 0 aromatic carbocycles. The van der Waals surface area contributed by atoms with Crippen LogP contribution in [0.3, 0.4) is 0 Å². The minimum absolute atomic E-state index is 0.320. The van der Waals surface area contributed by atoms with E-state index in [-0.39, 0.29) is 0 Å². The zero-order valence-electron chi connectivity index (χ0n) is 9.53. The number of methoxy groups -OCH3 is 1. The maximum Gasteiger partial charge on any atom is 0.345 e. The van der Waals surface area contributed by atoms with E-state index in [2.05, 4.69) is 12.2 Å². The van der Waals surface area contributed by atoms with Gasteiger partial charge in [-0.25, -0.2) is 4.79 Å². The van der Waals surface area contributed by atoms with Gasteiger partial charge < -0.3 is 15.2 Å². The largest absolute Gasteiger partial charge is 0.477 e. The molecule has 0 radical (unpaired) electrons. The summed E-state index contributed by atoms with van der Waals surface area (Å²) >= 11 is 1.31. The Balaban J connectivity index is 2.44. The van der Waals surface area contributed by atoms with Crippen LogP contribution in [0.2, 0.25) is 0 Å². The van der Waals surface area contributed by atoms with E-state index in [0.717, 1.165) is 11.3 Å². The summed E-state index contributed by atoms with van der Waals surface area (Å²) in [6.07, 6.45) is 0.991. The average Bonchev–Trinajstić information content (AvgIpc) is 2.73. The maximum atomic E-state index is 10.7. The van der Waals surface area contributed by atoms with Gasteiger partial charge in [0, 0.05) is 24.6 Å². The van der Waals surface area contributed by atoms with Crippen LogP contribution >= 0.6 is 11.3 Å². The molecule has 5 heteroatoms. The molecular weight excluding hydrogens is 226 g/mol. The van der Waals surface area contributed by atoms with Crippen molar-refractivity contribution in [2.24, 2.45) is 0 Å². The fourth-order valence-corrected chi connectivity index (χ4v) is 2.15. The maximum absolute atomic E-state index is 10.7. The second-order valence-corrected chi connectivity index (χ2v) is 4.68. The van der Waals surface area contributed by atoms with Gasteiger partial charge in [0.1, 0.15) is 4.88 Å². The van der Waals surface area contributed by atoms with Crippen LogP contribution in [0.1, 0.15) is 27.9 Å². The summed E-state index contributed by atoms with van der Waals surface area (Å²) in [5.74, 6) is -0.861. The Labute approximate surface area is 99.2 Å². The van der Waals surface area contributed by atoms with E-state index in [9.17, 15) is 4.79 Å².